The molecule has 2 aromatic rings. The maximum atomic E-state index is 13.1. The van der Waals surface area contributed by atoms with Gasteiger partial charge in [-0.05, 0) is 49.1 Å². The molecule has 26 heavy (non-hydrogen) atoms. The molecule has 0 bridgehead atoms. The third kappa shape index (κ3) is 3.25. The monoisotopic (exact) mass is 374 g/mol. The first-order chi connectivity index (χ1) is 12.4. The Morgan fingerprint density at radius 2 is 1.92 bits per heavy atom. The standard InChI is InChI=1S/C19H22N2O4S/c1-14-7-4-8-15-10-6-12-21(18(14)15)19(22)16-9-5-11-17(13-16)26(23,24)20(2)25-3/h4-5,7-9,11,13H,6,10,12H2,1-3H3. The Kier molecular flexibility index (Phi) is 5.13. The first-order valence-electron chi connectivity index (χ1n) is 8.39. The molecule has 0 fully saturated rings. The van der Waals surface area contributed by atoms with E-state index in [0.717, 1.165) is 34.1 Å². The summed E-state index contributed by atoms with van der Waals surface area (Å²) in [7, 11) is -1.21. The molecule has 1 aliphatic rings. The van der Waals surface area contributed by atoms with Crippen molar-refractivity contribution < 1.29 is 18.0 Å². The second-order valence-corrected chi connectivity index (χ2v) is 8.20. The predicted molar refractivity (Wildman–Crippen MR) is 99.6 cm³/mol. The van der Waals surface area contributed by atoms with E-state index in [1.54, 1.807) is 17.0 Å². The second-order valence-electron chi connectivity index (χ2n) is 6.27. The summed E-state index contributed by atoms with van der Waals surface area (Å²) in [5.41, 5.74) is 3.46. The van der Waals surface area contributed by atoms with Crippen LogP contribution < -0.4 is 4.90 Å². The molecular formula is C19H22N2O4S. The molecule has 0 spiro atoms. The number of aryl methyl sites for hydroxylation is 2. The van der Waals surface area contributed by atoms with Gasteiger partial charge in [-0.2, -0.15) is 0 Å². The number of hydrogen-bond donors (Lipinski definition) is 0. The molecule has 1 heterocycles. The van der Waals surface area contributed by atoms with Gasteiger partial charge < -0.3 is 4.90 Å². The van der Waals surface area contributed by atoms with E-state index in [0.29, 0.717) is 12.1 Å². The molecule has 3 rings (SSSR count). The highest BCUT2D eigenvalue weighted by Gasteiger charge is 2.27. The zero-order valence-electron chi connectivity index (χ0n) is 15.1. The van der Waals surface area contributed by atoms with Crippen LogP contribution in [0.15, 0.2) is 47.4 Å². The molecule has 0 aliphatic carbocycles. The van der Waals surface area contributed by atoms with E-state index < -0.39 is 10.0 Å². The van der Waals surface area contributed by atoms with Crippen LogP contribution in [-0.2, 0) is 21.3 Å². The van der Waals surface area contributed by atoms with Crippen LogP contribution in [0.4, 0.5) is 5.69 Å². The highest BCUT2D eigenvalue weighted by molar-refractivity contribution is 7.89. The van der Waals surface area contributed by atoms with Gasteiger partial charge in [0.1, 0.15) is 0 Å². The van der Waals surface area contributed by atoms with E-state index in [2.05, 4.69) is 0 Å². The van der Waals surface area contributed by atoms with Crippen LogP contribution in [0.5, 0.6) is 0 Å². The van der Waals surface area contributed by atoms with Crippen molar-refractivity contribution in [2.75, 3.05) is 25.6 Å². The van der Waals surface area contributed by atoms with Crippen LogP contribution in [0.1, 0.15) is 27.9 Å². The number of benzene rings is 2. The molecule has 0 radical (unpaired) electrons. The van der Waals surface area contributed by atoms with Crippen molar-refractivity contribution >= 4 is 21.6 Å². The number of hydrogen-bond acceptors (Lipinski definition) is 4. The number of carbonyl (C=O) groups excluding carboxylic acids is 1. The fraction of sp³-hybridized carbons (Fsp3) is 0.316. The first-order valence-corrected chi connectivity index (χ1v) is 9.83. The molecule has 0 aromatic heterocycles. The summed E-state index contributed by atoms with van der Waals surface area (Å²) in [5.74, 6) is -0.197. The van der Waals surface area contributed by atoms with Gasteiger partial charge in [-0.1, -0.05) is 28.7 Å². The lowest BCUT2D eigenvalue weighted by Gasteiger charge is -2.31. The second kappa shape index (κ2) is 7.19. The molecule has 1 amide bonds. The van der Waals surface area contributed by atoms with Gasteiger partial charge >= 0.3 is 0 Å². The summed E-state index contributed by atoms with van der Waals surface area (Å²) >= 11 is 0. The van der Waals surface area contributed by atoms with Gasteiger partial charge in [0.05, 0.1) is 17.7 Å². The van der Waals surface area contributed by atoms with Crippen molar-refractivity contribution in [2.24, 2.45) is 0 Å². The third-order valence-electron chi connectivity index (χ3n) is 4.64. The Morgan fingerprint density at radius 3 is 2.65 bits per heavy atom. The molecule has 2 aromatic carbocycles. The highest BCUT2D eigenvalue weighted by Crippen LogP contribution is 2.32. The van der Waals surface area contributed by atoms with Gasteiger partial charge in [0.15, 0.2) is 0 Å². The van der Waals surface area contributed by atoms with Crippen molar-refractivity contribution in [3.8, 4) is 0 Å². The lowest BCUT2D eigenvalue weighted by molar-refractivity contribution is -0.0258. The molecule has 7 heteroatoms. The summed E-state index contributed by atoms with van der Waals surface area (Å²) in [5, 5.41) is 0. The Bertz CT molecular complexity index is 940. The van der Waals surface area contributed by atoms with Crippen LogP contribution in [0, 0.1) is 6.92 Å². The van der Waals surface area contributed by atoms with Gasteiger partial charge in [-0.25, -0.2) is 8.42 Å². The molecule has 0 unspecified atom stereocenters. The zero-order chi connectivity index (χ0) is 18.9. The summed E-state index contributed by atoms with van der Waals surface area (Å²) in [6.07, 6.45) is 1.82. The average molecular weight is 374 g/mol. The van der Waals surface area contributed by atoms with Crippen molar-refractivity contribution in [3.05, 3.63) is 59.2 Å². The summed E-state index contributed by atoms with van der Waals surface area (Å²) < 4.78 is 25.7. The minimum atomic E-state index is -3.80. The molecule has 6 nitrogen and oxygen atoms in total. The quantitative estimate of drug-likeness (QED) is 0.772. The fourth-order valence-electron chi connectivity index (χ4n) is 3.24. The van der Waals surface area contributed by atoms with Crippen LogP contribution >= 0.6 is 0 Å². The van der Waals surface area contributed by atoms with Crippen molar-refractivity contribution in [1.82, 2.24) is 4.47 Å². The lowest BCUT2D eigenvalue weighted by atomic mass is 9.97. The number of nitrogens with zero attached hydrogens (tertiary/aromatic N) is 2. The van der Waals surface area contributed by atoms with Crippen molar-refractivity contribution in [2.45, 2.75) is 24.7 Å². The van der Waals surface area contributed by atoms with Crippen LogP contribution in [0.3, 0.4) is 0 Å². The Morgan fingerprint density at radius 1 is 1.19 bits per heavy atom. The molecule has 0 saturated carbocycles. The number of para-hydroxylation sites is 1. The minimum absolute atomic E-state index is 0.0229. The van der Waals surface area contributed by atoms with E-state index in [-0.39, 0.29) is 10.8 Å². The van der Waals surface area contributed by atoms with Crippen LogP contribution in [0.25, 0.3) is 0 Å². The molecule has 1 aliphatic heterocycles. The first kappa shape index (κ1) is 18.6. The largest absolute Gasteiger partial charge is 0.308 e. The van der Waals surface area contributed by atoms with Crippen LogP contribution in [-0.4, -0.2) is 39.5 Å². The van der Waals surface area contributed by atoms with E-state index in [1.165, 1.54) is 26.3 Å². The van der Waals surface area contributed by atoms with E-state index >= 15 is 0 Å². The molecule has 0 N–H and O–H groups in total. The summed E-state index contributed by atoms with van der Waals surface area (Å²) in [4.78, 5) is 19.7. The molecule has 0 saturated heterocycles. The van der Waals surface area contributed by atoms with Gasteiger partial charge in [0.2, 0.25) is 0 Å². The maximum absolute atomic E-state index is 13.1. The van der Waals surface area contributed by atoms with Crippen molar-refractivity contribution in [1.29, 1.82) is 0 Å². The fourth-order valence-corrected chi connectivity index (χ4v) is 4.26. The topological polar surface area (TPSA) is 66.9 Å². The smallest absolute Gasteiger partial charge is 0.264 e. The van der Waals surface area contributed by atoms with E-state index in [9.17, 15) is 13.2 Å². The SMILES string of the molecule is CON(C)S(=O)(=O)c1cccc(C(=O)N2CCCc3cccc(C)c32)c1. The average Bonchev–Trinajstić information content (AvgIpc) is 2.66. The predicted octanol–water partition coefficient (Wildman–Crippen LogP) is 2.77. The molecule has 0 atom stereocenters. The van der Waals surface area contributed by atoms with Gasteiger partial charge in [0.25, 0.3) is 15.9 Å². The summed E-state index contributed by atoms with van der Waals surface area (Å²) in [6, 6.07) is 12.1. The van der Waals surface area contributed by atoms with Crippen LogP contribution in [0.2, 0.25) is 0 Å². The number of rotatable bonds is 4. The Hall–Kier alpha value is -2.22. The number of anilines is 1. The lowest BCUT2D eigenvalue weighted by Crippen LogP contribution is -2.36. The third-order valence-corrected chi connectivity index (χ3v) is 6.31. The summed E-state index contributed by atoms with van der Waals surface area (Å²) in [6.45, 7) is 2.60. The number of sulfonamides is 1. The molecular weight excluding hydrogens is 352 g/mol. The minimum Gasteiger partial charge on any atom is -0.308 e. The normalized spacial score (nSPS) is 14.4. The number of carbonyl (C=O) groups is 1. The van der Waals surface area contributed by atoms with Gasteiger partial charge in [-0.15, -0.1) is 0 Å². The zero-order valence-corrected chi connectivity index (χ0v) is 15.9. The van der Waals surface area contributed by atoms with E-state index in [4.69, 9.17) is 4.84 Å². The van der Waals surface area contributed by atoms with Crippen molar-refractivity contribution in [3.63, 3.8) is 0 Å². The highest BCUT2D eigenvalue weighted by atomic mass is 32.2. The maximum Gasteiger partial charge on any atom is 0.264 e. The van der Waals surface area contributed by atoms with E-state index in [1.807, 2.05) is 25.1 Å². The number of fused-ring (bicyclic) bond motifs is 1. The molecule has 138 valence electrons. The van der Waals surface area contributed by atoms with Gasteiger partial charge in [0, 0.05) is 19.2 Å². The number of amides is 1. The number of hydroxylamine groups is 1. The Balaban J connectivity index is 2.00. The van der Waals surface area contributed by atoms with Gasteiger partial charge in [-0.3, -0.25) is 9.63 Å². The Labute approximate surface area is 154 Å².